The maximum Gasteiger partial charge on any atom is 0.256 e. The molecule has 5 nitrogen and oxygen atoms in total. The van der Waals surface area contributed by atoms with Gasteiger partial charge in [0, 0.05) is 38.6 Å². The number of carbonyl (C=O) groups excluding carboxylic acids is 1. The van der Waals surface area contributed by atoms with E-state index in [0.717, 1.165) is 56.8 Å². The normalized spacial score (nSPS) is 21.2. The van der Waals surface area contributed by atoms with Gasteiger partial charge in [0.2, 0.25) is 5.95 Å². The lowest BCUT2D eigenvalue weighted by Gasteiger charge is -2.31. The molecule has 2 aliphatic heterocycles. The summed E-state index contributed by atoms with van der Waals surface area (Å²) in [5.74, 6) is 2.35. The summed E-state index contributed by atoms with van der Waals surface area (Å²) in [6.07, 6.45) is 7.96. The summed E-state index contributed by atoms with van der Waals surface area (Å²) in [6.45, 7) is 8.27. The highest BCUT2D eigenvalue weighted by atomic mass is 16.2. The summed E-state index contributed by atoms with van der Waals surface area (Å²) in [5, 5.41) is 0. The van der Waals surface area contributed by atoms with E-state index in [0.29, 0.717) is 5.56 Å². The molecule has 3 rings (SSSR count). The highest BCUT2D eigenvalue weighted by Gasteiger charge is 2.23. The van der Waals surface area contributed by atoms with E-state index in [2.05, 4.69) is 28.7 Å². The average Bonchev–Trinajstić information content (AvgIpc) is 2.56. The highest BCUT2D eigenvalue weighted by Crippen LogP contribution is 2.21. The quantitative estimate of drug-likeness (QED) is 0.842. The summed E-state index contributed by atoms with van der Waals surface area (Å²) < 4.78 is 0. The second-order valence-corrected chi connectivity index (χ2v) is 6.92. The number of anilines is 1. The van der Waals surface area contributed by atoms with Crippen molar-refractivity contribution in [3.8, 4) is 0 Å². The summed E-state index contributed by atoms with van der Waals surface area (Å²) in [7, 11) is 0. The molecular formula is C17H26N4O. The number of carbonyl (C=O) groups is 1. The Labute approximate surface area is 132 Å². The number of amides is 1. The Morgan fingerprint density at radius 2 is 1.45 bits per heavy atom. The van der Waals surface area contributed by atoms with Crippen LogP contribution in [-0.4, -0.2) is 47.0 Å². The van der Waals surface area contributed by atoms with Crippen molar-refractivity contribution < 1.29 is 4.79 Å². The Kier molecular flexibility index (Phi) is 4.60. The van der Waals surface area contributed by atoms with Gasteiger partial charge < -0.3 is 9.80 Å². The van der Waals surface area contributed by atoms with Crippen molar-refractivity contribution in [3.63, 3.8) is 0 Å². The largest absolute Gasteiger partial charge is 0.341 e. The molecule has 120 valence electrons. The molecule has 5 heteroatoms. The van der Waals surface area contributed by atoms with E-state index in [1.807, 2.05) is 4.90 Å². The minimum atomic E-state index is 0.0747. The van der Waals surface area contributed by atoms with Crippen LogP contribution in [0.4, 0.5) is 5.95 Å². The van der Waals surface area contributed by atoms with Gasteiger partial charge in [-0.05, 0) is 37.5 Å². The standard InChI is InChI=1S/C17H26N4O/c1-13-3-7-20(8-4-13)16(22)15-11-18-17(19-12-15)21-9-5-14(2)6-10-21/h11-14H,3-10H2,1-2H3. The second kappa shape index (κ2) is 6.63. The number of hydrogen-bond donors (Lipinski definition) is 0. The van der Waals surface area contributed by atoms with Crippen molar-refractivity contribution >= 4 is 11.9 Å². The predicted molar refractivity (Wildman–Crippen MR) is 86.9 cm³/mol. The van der Waals surface area contributed by atoms with Crippen LogP contribution in [-0.2, 0) is 0 Å². The fourth-order valence-corrected chi connectivity index (χ4v) is 3.20. The smallest absolute Gasteiger partial charge is 0.256 e. The molecule has 3 heterocycles. The Bertz CT molecular complexity index is 500. The van der Waals surface area contributed by atoms with Gasteiger partial charge in [0.1, 0.15) is 0 Å². The zero-order valence-electron chi connectivity index (χ0n) is 13.7. The third-order valence-corrected chi connectivity index (χ3v) is 5.02. The summed E-state index contributed by atoms with van der Waals surface area (Å²) in [6, 6.07) is 0. The van der Waals surface area contributed by atoms with Gasteiger partial charge >= 0.3 is 0 Å². The van der Waals surface area contributed by atoms with Gasteiger partial charge in [0.25, 0.3) is 5.91 Å². The first-order valence-corrected chi connectivity index (χ1v) is 8.49. The summed E-state index contributed by atoms with van der Waals surface area (Å²) in [4.78, 5) is 25.5. The fourth-order valence-electron chi connectivity index (χ4n) is 3.20. The van der Waals surface area contributed by atoms with E-state index >= 15 is 0 Å². The molecule has 2 saturated heterocycles. The number of aromatic nitrogens is 2. The van der Waals surface area contributed by atoms with Crippen LogP contribution in [0.5, 0.6) is 0 Å². The van der Waals surface area contributed by atoms with Gasteiger partial charge in [-0.2, -0.15) is 0 Å². The van der Waals surface area contributed by atoms with E-state index in [1.54, 1.807) is 12.4 Å². The summed E-state index contributed by atoms with van der Waals surface area (Å²) >= 11 is 0. The maximum atomic E-state index is 12.5. The Balaban J connectivity index is 1.62. The fraction of sp³-hybridized carbons (Fsp3) is 0.706. The van der Waals surface area contributed by atoms with E-state index in [1.165, 1.54) is 12.8 Å². The Morgan fingerprint density at radius 3 is 2.00 bits per heavy atom. The van der Waals surface area contributed by atoms with Crippen LogP contribution in [0, 0.1) is 11.8 Å². The van der Waals surface area contributed by atoms with Crippen LogP contribution in [0.2, 0.25) is 0 Å². The molecule has 2 fully saturated rings. The number of nitrogens with zero attached hydrogens (tertiary/aromatic N) is 4. The molecule has 22 heavy (non-hydrogen) atoms. The van der Waals surface area contributed by atoms with Crippen LogP contribution in [0.15, 0.2) is 12.4 Å². The van der Waals surface area contributed by atoms with Crippen LogP contribution in [0.3, 0.4) is 0 Å². The molecule has 0 aromatic carbocycles. The van der Waals surface area contributed by atoms with Gasteiger partial charge in [-0.3, -0.25) is 4.79 Å². The molecule has 0 bridgehead atoms. The third-order valence-electron chi connectivity index (χ3n) is 5.02. The first-order chi connectivity index (χ1) is 10.6. The van der Waals surface area contributed by atoms with Gasteiger partial charge in [-0.15, -0.1) is 0 Å². The number of likely N-dealkylation sites (tertiary alicyclic amines) is 1. The highest BCUT2D eigenvalue weighted by molar-refractivity contribution is 5.93. The monoisotopic (exact) mass is 302 g/mol. The molecule has 0 unspecified atom stereocenters. The van der Waals surface area contributed by atoms with E-state index in [9.17, 15) is 4.79 Å². The molecule has 1 aromatic heterocycles. The van der Waals surface area contributed by atoms with Crippen molar-refractivity contribution in [2.45, 2.75) is 39.5 Å². The second-order valence-electron chi connectivity index (χ2n) is 6.92. The van der Waals surface area contributed by atoms with Crippen LogP contribution in [0.25, 0.3) is 0 Å². The van der Waals surface area contributed by atoms with Gasteiger partial charge in [-0.1, -0.05) is 13.8 Å². The SMILES string of the molecule is CC1CCN(C(=O)c2cnc(N3CCC(C)CC3)nc2)CC1. The Morgan fingerprint density at radius 1 is 0.955 bits per heavy atom. The molecule has 1 amide bonds. The van der Waals surface area contributed by atoms with E-state index < -0.39 is 0 Å². The van der Waals surface area contributed by atoms with Crippen molar-refractivity contribution in [1.29, 1.82) is 0 Å². The van der Waals surface area contributed by atoms with E-state index in [4.69, 9.17) is 0 Å². The Hall–Kier alpha value is -1.65. The van der Waals surface area contributed by atoms with Crippen LogP contribution >= 0.6 is 0 Å². The first kappa shape index (κ1) is 15.3. The van der Waals surface area contributed by atoms with Crippen molar-refractivity contribution in [1.82, 2.24) is 14.9 Å². The van der Waals surface area contributed by atoms with Gasteiger partial charge in [0.15, 0.2) is 0 Å². The molecular weight excluding hydrogens is 276 g/mol. The van der Waals surface area contributed by atoms with Gasteiger partial charge in [0.05, 0.1) is 5.56 Å². The number of rotatable bonds is 2. The average molecular weight is 302 g/mol. The van der Waals surface area contributed by atoms with E-state index in [-0.39, 0.29) is 5.91 Å². The molecule has 0 spiro atoms. The maximum absolute atomic E-state index is 12.5. The first-order valence-electron chi connectivity index (χ1n) is 8.49. The van der Waals surface area contributed by atoms with Crippen LogP contribution < -0.4 is 4.90 Å². The summed E-state index contributed by atoms with van der Waals surface area (Å²) in [5.41, 5.74) is 0.615. The zero-order chi connectivity index (χ0) is 15.5. The third kappa shape index (κ3) is 3.39. The van der Waals surface area contributed by atoms with Crippen LogP contribution in [0.1, 0.15) is 49.9 Å². The molecule has 1 aromatic rings. The van der Waals surface area contributed by atoms with Crippen molar-refractivity contribution in [2.24, 2.45) is 11.8 Å². The number of piperidine rings is 2. The lowest BCUT2D eigenvalue weighted by Crippen LogP contribution is -2.38. The molecule has 0 saturated carbocycles. The lowest BCUT2D eigenvalue weighted by molar-refractivity contribution is 0.0696. The molecule has 0 aliphatic carbocycles. The predicted octanol–water partition coefficient (Wildman–Crippen LogP) is 2.59. The molecule has 0 N–H and O–H groups in total. The lowest BCUT2D eigenvalue weighted by atomic mass is 9.99. The zero-order valence-corrected chi connectivity index (χ0v) is 13.7. The number of hydrogen-bond acceptors (Lipinski definition) is 4. The minimum Gasteiger partial charge on any atom is -0.341 e. The molecule has 0 radical (unpaired) electrons. The topological polar surface area (TPSA) is 49.3 Å². The van der Waals surface area contributed by atoms with Crippen molar-refractivity contribution in [3.05, 3.63) is 18.0 Å². The molecule has 0 atom stereocenters. The minimum absolute atomic E-state index is 0.0747. The van der Waals surface area contributed by atoms with Crippen molar-refractivity contribution in [2.75, 3.05) is 31.1 Å². The van der Waals surface area contributed by atoms with Gasteiger partial charge in [-0.25, -0.2) is 9.97 Å². The molecule has 2 aliphatic rings.